The van der Waals surface area contributed by atoms with Crippen LogP contribution in [0.1, 0.15) is 40.8 Å². The minimum absolute atomic E-state index is 0.118. The third-order valence-electron chi connectivity index (χ3n) is 3.13. The van der Waals surface area contributed by atoms with E-state index in [1.165, 1.54) is 24.2 Å². The van der Waals surface area contributed by atoms with Crippen LogP contribution in [0.3, 0.4) is 0 Å². The topological polar surface area (TPSA) is 80.9 Å². The van der Waals surface area contributed by atoms with E-state index in [-0.39, 0.29) is 12.3 Å². The average Bonchev–Trinajstić information content (AvgIpc) is 3.06. The van der Waals surface area contributed by atoms with Crippen LogP contribution in [0.25, 0.3) is 0 Å². The van der Waals surface area contributed by atoms with Crippen molar-refractivity contribution >= 4 is 22.4 Å². The highest BCUT2D eigenvalue weighted by Gasteiger charge is 2.27. The summed E-state index contributed by atoms with van der Waals surface area (Å²) in [5, 5.41) is 16.3. The molecule has 2 aromatic heterocycles. The summed E-state index contributed by atoms with van der Waals surface area (Å²) in [4.78, 5) is 11.9. The number of aryl methyl sites for hydroxylation is 2. The number of carbonyl (C=O) groups is 1. The Kier molecular flexibility index (Phi) is 3.06. The highest BCUT2D eigenvalue weighted by Crippen LogP contribution is 2.42. The van der Waals surface area contributed by atoms with Gasteiger partial charge in [-0.25, -0.2) is 0 Å². The normalized spacial score (nSPS) is 14.6. The Morgan fingerprint density at radius 2 is 2.21 bits per heavy atom. The van der Waals surface area contributed by atoms with Crippen LogP contribution < -0.4 is 5.32 Å². The van der Waals surface area contributed by atoms with E-state index in [0.29, 0.717) is 16.8 Å². The molecule has 0 spiro atoms. The Balaban J connectivity index is 1.64. The van der Waals surface area contributed by atoms with Crippen LogP contribution in [-0.2, 0) is 11.2 Å². The minimum Gasteiger partial charge on any atom is -0.361 e. The van der Waals surface area contributed by atoms with Gasteiger partial charge in [-0.3, -0.25) is 4.79 Å². The molecule has 3 rings (SSSR count). The molecule has 2 aromatic rings. The zero-order chi connectivity index (χ0) is 13.4. The first kappa shape index (κ1) is 12.3. The van der Waals surface area contributed by atoms with Gasteiger partial charge in [0.05, 0.1) is 12.1 Å². The van der Waals surface area contributed by atoms with Crippen LogP contribution in [-0.4, -0.2) is 21.3 Å². The number of hydrogen-bond donors (Lipinski definition) is 1. The molecule has 2 heterocycles. The van der Waals surface area contributed by atoms with E-state index < -0.39 is 0 Å². The molecule has 1 aliphatic carbocycles. The zero-order valence-electron chi connectivity index (χ0n) is 10.8. The van der Waals surface area contributed by atoms with Crippen LogP contribution in [0.2, 0.25) is 0 Å². The molecule has 0 unspecified atom stereocenters. The second-order valence-corrected chi connectivity index (χ2v) is 5.76. The third-order valence-corrected chi connectivity index (χ3v) is 4.13. The smallest absolute Gasteiger partial charge is 0.230 e. The summed E-state index contributed by atoms with van der Waals surface area (Å²) >= 11 is 1.46. The van der Waals surface area contributed by atoms with Crippen molar-refractivity contribution < 1.29 is 9.32 Å². The molecule has 1 N–H and O–H groups in total. The lowest BCUT2D eigenvalue weighted by atomic mass is 10.1. The molecule has 100 valence electrons. The van der Waals surface area contributed by atoms with E-state index in [2.05, 4.69) is 20.7 Å². The van der Waals surface area contributed by atoms with Gasteiger partial charge in [0.2, 0.25) is 11.0 Å². The Labute approximate surface area is 114 Å². The summed E-state index contributed by atoms with van der Waals surface area (Å²) in [6.07, 6.45) is 2.61. The summed E-state index contributed by atoms with van der Waals surface area (Å²) < 4.78 is 5.03. The Bertz CT molecular complexity index is 596. The van der Waals surface area contributed by atoms with Gasteiger partial charge in [0.1, 0.15) is 10.8 Å². The third kappa shape index (κ3) is 2.65. The highest BCUT2D eigenvalue weighted by atomic mass is 32.1. The number of amides is 1. The summed E-state index contributed by atoms with van der Waals surface area (Å²) in [7, 11) is 0. The van der Waals surface area contributed by atoms with Gasteiger partial charge in [0.15, 0.2) is 0 Å². The monoisotopic (exact) mass is 278 g/mol. The predicted molar refractivity (Wildman–Crippen MR) is 70.2 cm³/mol. The Hall–Kier alpha value is -1.76. The molecule has 0 saturated heterocycles. The fraction of sp³-hybridized carbons (Fsp3) is 0.500. The lowest BCUT2D eigenvalue weighted by Gasteiger charge is -2.00. The Morgan fingerprint density at radius 1 is 1.42 bits per heavy atom. The zero-order valence-corrected chi connectivity index (χ0v) is 11.6. The fourth-order valence-electron chi connectivity index (χ4n) is 1.86. The van der Waals surface area contributed by atoms with Gasteiger partial charge in [-0.2, -0.15) is 0 Å². The second-order valence-electron chi connectivity index (χ2n) is 4.75. The molecule has 7 heteroatoms. The molecule has 1 fully saturated rings. The maximum atomic E-state index is 11.9. The van der Waals surface area contributed by atoms with E-state index in [9.17, 15) is 4.79 Å². The van der Waals surface area contributed by atoms with E-state index >= 15 is 0 Å². The van der Waals surface area contributed by atoms with Crippen LogP contribution in [0, 0.1) is 13.8 Å². The van der Waals surface area contributed by atoms with Crippen molar-refractivity contribution in [3.8, 4) is 0 Å². The van der Waals surface area contributed by atoms with Gasteiger partial charge in [0, 0.05) is 11.5 Å². The standard InChI is InChI=1S/C12H14N4O2S/c1-6-9(7(2)18-16-6)5-10(17)13-12-15-14-11(19-12)8-3-4-8/h8H,3-5H2,1-2H3,(H,13,15,17). The first-order valence-electron chi connectivity index (χ1n) is 6.18. The van der Waals surface area contributed by atoms with Crippen molar-refractivity contribution in [2.45, 2.75) is 39.0 Å². The average molecular weight is 278 g/mol. The van der Waals surface area contributed by atoms with Crippen molar-refractivity contribution in [3.05, 3.63) is 22.0 Å². The molecule has 0 atom stereocenters. The van der Waals surface area contributed by atoms with Gasteiger partial charge >= 0.3 is 0 Å². The molecule has 0 bridgehead atoms. The summed E-state index contributed by atoms with van der Waals surface area (Å²) in [5.74, 6) is 1.13. The van der Waals surface area contributed by atoms with Crippen molar-refractivity contribution in [2.75, 3.05) is 5.32 Å². The molecule has 0 aromatic carbocycles. The van der Waals surface area contributed by atoms with E-state index in [4.69, 9.17) is 4.52 Å². The maximum Gasteiger partial charge on any atom is 0.230 e. The molecule has 19 heavy (non-hydrogen) atoms. The highest BCUT2D eigenvalue weighted by molar-refractivity contribution is 7.15. The molecule has 0 radical (unpaired) electrons. The largest absolute Gasteiger partial charge is 0.361 e. The van der Waals surface area contributed by atoms with Gasteiger partial charge in [-0.05, 0) is 26.7 Å². The van der Waals surface area contributed by atoms with E-state index in [1.807, 2.05) is 6.92 Å². The van der Waals surface area contributed by atoms with Crippen LogP contribution in [0.15, 0.2) is 4.52 Å². The number of carbonyl (C=O) groups excluding carboxylic acids is 1. The molecule has 1 aliphatic rings. The number of aromatic nitrogens is 3. The van der Waals surface area contributed by atoms with Crippen molar-refractivity contribution in [1.82, 2.24) is 15.4 Å². The lowest BCUT2D eigenvalue weighted by Crippen LogP contribution is -2.15. The fourth-order valence-corrected chi connectivity index (χ4v) is 2.79. The number of anilines is 1. The van der Waals surface area contributed by atoms with Crippen molar-refractivity contribution in [3.63, 3.8) is 0 Å². The van der Waals surface area contributed by atoms with Gasteiger partial charge in [-0.1, -0.05) is 16.5 Å². The first-order valence-corrected chi connectivity index (χ1v) is 7.00. The molecule has 6 nitrogen and oxygen atoms in total. The molecular weight excluding hydrogens is 264 g/mol. The SMILES string of the molecule is Cc1noc(C)c1CC(=O)Nc1nnc(C2CC2)s1. The van der Waals surface area contributed by atoms with Crippen molar-refractivity contribution in [2.24, 2.45) is 0 Å². The van der Waals surface area contributed by atoms with Gasteiger partial charge < -0.3 is 9.84 Å². The van der Waals surface area contributed by atoms with E-state index in [0.717, 1.165) is 16.3 Å². The van der Waals surface area contributed by atoms with Gasteiger partial charge in [-0.15, -0.1) is 10.2 Å². The van der Waals surface area contributed by atoms with Gasteiger partial charge in [0.25, 0.3) is 0 Å². The Morgan fingerprint density at radius 3 is 2.84 bits per heavy atom. The van der Waals surface area contributed by atoms with Crippen molar-refractivity contribution in [1.29, 1.82) is 0 Å². The summed E-state index contributed by atoms with van der Waals surface area (Å²) in [5.41, 5.74) is 1.59. The minimum atomic E-state index is -0.118. The first-order chi connectivity index (χ1) is 9.13. The quantitative estimate of drug-likeness (QED) is 0.927. The lowest BCUT2D eigenvalue weighted by molar-refractivity contribution is -0.115. The number of rotatable bonds is 4. The summed E-state index contributed by atoms with van der Waals surface area (Å²) in [6, 6.07) is 0. The maximum absolute atomic E-state index is 11.9. The van der Waals surface area contributed by atoms with Crippen LogP contribution >= 0.6 is 11.3 Å². The molecule has 1 amide bonds. The molecule has 1 saturated carbocycles. The number of nitrogens with one attached hydrogen (secondary N) is 1. The predicted octanol–water partition coefficient (Wildman–Crippen LogP) is 2.20. The number of nitrogens with zero attached hydrogens (tertiary/aromatic N) is 3. The molecular formula is C12H14N4O2S. The van der Waals surface area contributed by atoms with Crippen LogP contribution in [0.5, 0.6) is 0 Å². The second kappa shape index (κ2) is 4.73. The summed E-state index contributed by atoms with van der Waals surface area (Å²) in [6.45, 7) is 3.63. The number of hydrogen-bond acceptors (Lipinski definition) is 6. The van der Waals surface area contributed by atoms with E-state index in [1.54, 1.807) is 6.92 Å². The van der Waals surface area contributed by atoms with Crippen LogP contribution in [0.4, 0.5) is 5.13 Å². The molecule has 0 aliphatic heterocycles.